The molecule has 0 fully saturated rings. The molecule has 0 aromatic rings. The van der Waals surface area contributed by atoms with Gasteiger partial charge in [-0.2, -0.15) is 5.48 Å². The molecule has 19 heavy (non-hydrogen) atoms. The maximum atomic E-state index is 11.3. The van der Waals surface area contributed by atoms with E-state index in [4.69, 9.17) is 4.84 Å². The van der Waals surface area contributed by atoms with Gasteiger partial charge < -0.3 is 4.84 Å². The summed E-state index contributed by atoms with van der Waals surface area (Å²) in [6, 6.07) is 0. The number of hydrogen-bond acceptors (Lipinski definition) is 3. The molecule has 0 radical (unpaired) electrons. The lowest BCUT2D eigenvalue weighted by atomic mass is 10.0. The zero-order valence-corrected chi connectivity index (χ0v) is 13.2. The monoisotopic (exact) mass is 271 g/mol. The van der Waals surface area contributed by atoms with Gasteiger partial charge in [0.2, 0.25) is 0 Å². The Labute approximate surface area is 119 Å². The molecular weight excluding hydrogens is 238 g/mol. The third-order valence-corrected chi connectivity index (χ3v) is 3.23. The van der Waals surface area contributed by atoms with Crippen LogP contribution in [0, 0.1) is 5.92 Å². The number of rotatable bonds is 13. The lowest BCUT2D eigenvalue weighted by Gasteiger charge is -2.05. The van der Waals surface area contributed by atoms with Crippen LogP contribution >= 0.6 is 0 Å². The van der Waals surface area contributed by atoms with Crippen LogP contribution < -0.4 is 5.48 Å². The van der Waals surface area contributed by atoms with E-state index in [9.17, 15) is 4.79 Å². The van der Waals surface area contributed by atoms with E-state index in [0.29, 0.717) is 6.42 Å². The summed E-state index contributed by atoms with van der Waals surface area (Å²) in [5.74, 6) is 0.714. The summed E-state index contributed by atoms with van der Waals surface area (Å²) in [6.45, 7) is 7.43. The number of carbonyl (C=O) groups is 1. The van der Waals surface area contributed by atoms with Crippen LogP contribution in [-0.2, 0) is 9.63 Å². The fourth-order valence-corrected chi connectivity index (χ4v) is 1.96. The van der Waals surface area contributed by atoms with E-state index in [2.05, 4.69) is 26.3 Å². The number of nitrogens with one attached hydrogen (secondary N) is 1. The summed E-state index contributed by atoms with van der Waals surface area (Å²) in [5.41, 5.74) is 2.72. The molecule has 0 rings (SSSR count). The van der Waals surface area contributed by atoms with E-state index < -0.39 is 0 Å². The third-order valence-electron chi connectivity index (χ3n) is 3.23. The topological polar surface area (TPSA) is 38.3 Å². The van der Waals surface area contributed by atoms with Crippen molar-refractivity contribution < 1.29 is 9.63 Å². The molecule has 1 N–H and O–H groups in total. The van der Waals surface area contributed by atoms with Crippen LogP contribution in [0.4, 0.5) is 0 Å². The van der Waals surface area contributed by atoms with Crippen molar-refractivity contribution in [3.63, 3.8) is 0 Å². The van der Waals surface area contributed by atoms with E-state index >= 15 is 0 Å². The Kier molecular flexibility index (Phi) is 13.4. The number of hydrogen-bond donors (Lipinski definition) is 1. The predicted molar refractivity (Wildman–Crippen MR) is 80.8 cm³/mol. The molecule has 0 heterocycles. The highest BCUT2D eigenvalue weighted by Gasteiger charge is 2.02. The summed E-state index contributed by atoms with van der Waals surface area (Å²) in [5, 5.41) is 0. The van der Waals surface area contributed by atoms with Gasteiger partial charge in [0, 0.05) is 13.0 Å². The van der Waals surface area contributed by atoms with Crippen LogP contribution in [0.1, 0.15) is 85.0 Å². The van der Waals surface area contributed by atoms with Crippen molar-refractivity contribution in [1.82, 2.24) is 5.48 Å². The third kappa shape index (κ3) is 15.4. The molecule has 0 aliphatic rings. The number of carbonyl (C=O) groups excluding carboxylic acids is 1. The minimum absolute atomic E-state index is 0.115. The van der Waals surface area contributed by atoms with Crippen LogP contribution in [0.5, 0.6) is 0 Å². The Bertz CT molecular complexity index is 205. The molecule has 0 saturated heterocycles. The van der Waals surface area contributed by atoms with Crippen molar-refractivity contribution in [3.8, 4) is 0 Å². The van der Waals surface area contributed by atoms with Gasteiger partial charge in [0.15, 0.2) is 0 Å². The summed E-state index contributed by atoms with van der Waals surface area (Å²) in [7, 11) is 0. The molecule has 0 aliphatic carbocycles. The fraction of sp³-hybridized carbons (Fsp3) is 0.938. The van der Waals surface area contributed by atoms with Crippen molar-refractivity contribution in [2.24, 2.45) is 5.92 Å². The van der Waals surface area contributed by atoms with Gasteiger partial charge in [-0.3, -0.25) is 4.79 Å². The van der Waals surface area contributed by atoms with Gasteiger partial charge in [-0.1, -0.05) is 65.7 Å². The van der Waals surface area contributed by atoms with Gasteiger partial charge >= 0.3 is 5.97 Å². The van der Waals surface area contributed by atoms with Crippen LogP contribution in [-0.4, -0.2) is 12.5 Å². The molecule has 0 spiro atoms. The average molecular weight is 271 g/mol. The molecule has 0 bridgehead atoms. The van der Waals surface area contributed by atoms with Crippen molar-refractivity contribution in [2.45, 2.75) is 85.0 Å². The van der Waals surface area contributed by atoms with E-state index in [1.54, 1.807) is 0 Å². The molecule has 0 atom stereocenters. The largest absolute Gasteiger partial charge is 0.371 e. The highest BCUT2D eigenvalue weighted by atomic mass is 16.7. The molecule has 3 heteroatoms. The molecular formula is C16H33NO2. The van der Waals surface area contributed by atoms with Crippen molar-refractivity contribution in [3.05, 3.63) is 0 Å². The Morgan fingerprint density at radius 3 is 2.26 bits per heavy atom. The zero-order valence-electron chi connectivity index (χ0n) is 13.2. The van der Waals surface area contributed by atoms with Crippen LogP contribution in [0.15, 0.2) is 0 Å². The molecule has 0 aromatic carbocycles. The van der Waals surface area contributed by atoms with Gasteiger partial charge in [0.25, 0.3) is 0 Å². The highest BCUT2D eigenvalue weighted by molar-refractivity contribution is 5.68. The van der Waals surface area contributed by atoms with Crippen molar-refractivity contribution in [2.75, 3.05) is 6.54 Å². The summed E-state index contributed by atoms with van der Waals surface area (Å²) < 4.78 is 0. The summed E-state index contributed by atoms with van der Waals surface area (Å²) in [4.78, 5) is 16.3. The fourth-order valence-electron chi connectivity index (χ4n) is 1.96. The Balaban J connectivity index is 3.14. The smallest absolute Gasteiger partial charge is 0.324 e. The normalized spacial score (nSPS) is 10.9. The maximum Gasteiger partial charge on any atom is 0.324 e. The molecule has 114 valence electrons. The Morgan fingerprint density at radius 1 is 1.00 bits per heavy atom. The summed E-state index contributed by atoms with van der Waals surface area (Å²) in [6.07, 6.45) is 11.4. The van der Waals surface area contributed by atoms with Crippen molar-refractivity contribution in [1.29, 1.82) is 0 Å². The molecule has 0 saturated carbocycles. The van der Waals surface area contributed by atoms with Gasteiger partial charge in [-0.25, -0.2) is 0 Å². The standard InChI is InChI=1S/C16H33NO2/c1-4-5-14-17-19-16(18)13-11-9-7-6-8-10-12-15(2)3/h15,17H,4-14H2,1-3H3. The van der Waals surface area contributed by atoms with Crippen LogP contribution in [0.2, 0.25) is 0 Å². The first-order valence-corrected chi connectivity index (χ1v) is 8.09. The van der Waals surface area contributed by atoms with Gasteiger partial charge in [0.1, 0.15) is 0 Å². The first-order valence-electron chi connectivity index (χ1n) is 8.09. The van der Waals surface area contributed by atoms with Gasteiger partial charge in [0.05, 0.1) is 0 Å². The van der Waals surface area contributed by atoms with E-state index in [-0.39, 0.29) is 5.97 Å². The highest BCUT2D eigenvalue weighted by Crippen LogP contribution is 2.12. The van der Waals surface area contributed by atoms with E-state index in [0.717, 1.165) is 38.1 Å². The van der Waals surface area contributed by atoms with Crippen molar-refractivity contribution >= 4 is 5.97 Å². The first-order chi connectivity index (χ1) is 9.16. The predicted octanol–water partition coefficient (Wildman–Crippen LogP) is 4.61. The minimum Gasteiger partial charge on any atom is -0.371 e. The Hall–Kier alpha value is -0.570. The van der Waals surface area contributed by atoms with Gasteiger partial charge in [-0.05, 0) is 18.8 Å². The number of unbranched alkanes of at least 4 members (excludes halogenated alkanes) is 6. The van der Waals surface area contributed by atoms with Crippen LogP contribution in [0.3, 0.4) is 0 Å². The van der Waals surface area contributed by atoms with E-state index in [1.165, 1.54) is 32.1 Å². The van der Waals surface area contributed by atoms with E-state index in [1.807, 2.05) is 0 Å². The van der Waals surface area contributed by atoms with Gasteiger partial charge in [-0.15, -0.1) is 0 Å². The quantitative estimate of drug-likeness (QED) is 0.392. The minimum atomic E-state index is -0.115. The zero-order chi connectivity index (χ0) is 14.3. The second-order valence-electron chi connectivity index (χ2n) is 5.78. The second-order valence-corrected chi connectivity index (χ2v) is 5.78. The molecule has 0 amide bonds. The summed E-state index contributed by atoms with van der Waals surface area (Å²) >= 11 is 0. The second kappa shape index (κ2) is 13.9. The van der Waals surface area contributed by atoms with Crippen LogP contribution in [0.25, 0.3) is 0 Å². The number of hydroxylamine groups is 1. The Morgan fingerprint density at radius 2 is 1.63 bits per heavy atom. The SMILES string of the molecule is CCCCNOC(=O)CCCCCCCCC(C)C. The maximum absolute atomic E-state index is 11.3. The lowest BCUT2D eigenvalue weighted by molar-refractivity contribution is -0.151. The lowest BCUT2D eigenvalue weighted by Crippen LogP contribution is -2.20. The molecule has 0 aliphatic heterocycles. The molecule has 0 unspecified atom stereocenters. The first kappa shape index (κ1) is 18.4. The molecule has 0 aromatic heterocycles. The molecule has 3 nitrogen and oxygen atoms in total. The average Bonchev–Trinajstić information content (AvgIpc) is 2.37.